The van der Waals surface area contributed by atoms with Gasteiger partial charge in [-0.05, 0) is 57.3 Å². The van der Waals surface area contributed by atoms with Gasteiger partial charge in [0.25, 0.3) is 0 Å². The van der Waals surface area contributed by atoms with E-state index in [0.717, 1.165) is 12.2 Å². The van der Waals surface area contributed by atoms with Crippen LogP contribution in [0.15, 0.2) is 24.3 Å². The second-order valence-electron chi connectivity index (χ2n) is 6.15. The Morgan fingerprint density at radius 1 is 1.38 bits per heavy atom. The molecule has 0 aromatic heterocycles. The summed E-state index contributed by atoms with van der Waals surface area (Å²) in [6.45, 7) is 8.14. The maximum absolute atomic E-state index is 5.49. The fourth-order valence-electron chi connectivity index (χ4n) is 3.29. The Kier molecular flexibility index (Phi) is 6.52. The van der Waals surface area contributed by atoms with Crippen molar-refractivity contribution in [2.24, 2.45) is 0 Å². The number of hydrogen-bond acceptors (Lipinski definition) is 3. The van der Waals surface area contributed by atoms with E-state index in [9.17, 15) is 0 Å². The first-order chi connectivity index (χ1) is 10.2. The summed E-state index contributed by atoms with van der Waals surface area (Å²) in [5.74, 6) is 1.01. The third-order valence-electron chi connectivity index (χ3n) is 4.46. The third kappa shape index (κ3) is 4.72. The minimum atomic E-state index is 0.545. The van der Waals surface area contributed by atoms with Gasteiger partial charge in [0.1, 0.15) is 5.75 Å². The summed E-state index contributed by atoms with van der Waals surface area (Å²) in [6.07, 6.45) is 4.91. The van der Waals surface area contributed by atoms with Gasteiger partial charge in [-0.15, -0.1) is 0 Å². The fraction of sp³-hybridized carbons (Fsp3) is 0.667. The first-order valence-corrected chi connectivity index (χ1v) is 8.34. The predicted molar refractivity (Wildman–Crippen MR) is 89.0 cm³/mol. The molecule has 118 valence electrons. The van der Waals surface area contributed by atoms with Crippen LogP contribution >= 0.6 is 0 Å². The van der Waals surface area contributed by atoms with E-state index >= 15 is 0 Å². The van der Waals surface area contributed by atoms with Crippen LogP contribution in [0.3, 0.4) is 0 Å². The number of ether oxygens (including phenoxy) is 1. The zero-order valence-electron chi connectivity index (χ0n) is 13.8. The molecule has 0 saturated carbocycles. The Morgan fingerprint density at radius 2 is 2.19 bits per heavy atom. The maximum Gasteiger partial charge on any atom is 0.122 e. The average molecular weight is 290 g/mol. The van der Waals surface area contributed by atoms with Crippen molar-refractivity contribution >= 4 is 0 Å². The summed E-state index contributed by atoms with van der Waals surface area (Å²) >= 11 is 0. The lowest BCUT2D eigenvalue weighted by Crippen LogP contribution is -2.43. The molecule has 0 bridgehead atoms. The van der Waals surface area contributed by atoms with Crippen molar-refractivity contribution in [1.29, 1.82) is 0 Å². The molecule has 3 heteroatoms. The van der Waals surface area contributed by atoms with Crippen molar-refractivity contribution in [3.63, 3.8) is 0 Å². The lowest BCUT2D eigenvalue weighted by molar-refractivity contribution is 0.189. The van der Waals surface area contributed by atoms with Gasteiger partial charge >= 0.3 is 0 Å². The highest BCUT2D eigenvalue weighted by Gasteiger charge is 2.21. The van der Waals surface area contributed by atoms with Gasteiger partial charge in [0.15, 0.2) is 0 Å². The van der Waals surface area contributed by atoms with Gasteiger partial charge in [-0.25, -0.2) is 0 Å². The highest BCUT2D eigenvalue weighted by Crippen LogP contribution is 2.21. The normalized spacial score (nSPS) is 19.9. The van der Waals surface area contributed by atoms with Crippen LogP contribution in [0.25, 0.3) is 0 Å². The highest BCUT2D eigenvalue weighted by atomic mass is 16.5. The molecule has 1 aliphatic rings. The average Bonchev–Trinajstić information content (AvgIpc) is 3.00. The van der Waals surface area contributed by atoms with Gasteiger partial charge in [0.05, 0.1) is 7.11 Å². The van der Waals surface area contributed by atoms with E-state index in [-0.39, 0.29) is 0 Å². The SMILES string of the molecule is CCCN(CC1CCCN1)C(C)Cc1ccccc1OC. The Labute approximate surface area is 129 Å². The van der Waals surface area contributed by atoms with Gasteiger partial charge < -0.3 is 10.1 Å². The van der Waals surface area contributed by atoms with Gasteiger partial charge in [0, 0.05) is 18.6 Å². The van der Waals surface area contributed by atoms with Crippen LogP contribution < -0.4 is 10.1 Å². The maximum atomic E-state index is 5.49. The smallest absolute Gasteiger partial charge is 0.122 e. The summed E-state index contributed by atoms with van der Waals surface area (Å²) in [4.78, 5) is 2.63. The van der Waals surface area contributed by atoms with Crippen LogP contribution in [-0.4, -0.2) is 43.7 Å². The molecule has 21 heavy (non-hydrogen) atoms. The van der Waals surface area contributed by atoms with Crippen LogP contribution in [0.2, 0.25) is 0 Å². The number of para-hydroxylation sites is 1. The molecule has 1 fully saturated rings. The molecule has 1 N–H and O–H groups in total. The van der Waals surface area contributed by atoms with Gasteiger partial charge in [-0.1, -0.05) is 25.1 Å². The number of benzene rings is 1. The molecule has 2 rings (SSSR count). The molecule has 0 radical (unpaired) electrons. The zero-order valence-corrected chi connectivity index (χ0v) is 13.8. The molecule has 0 aliphatic carbocycles. The minimum absolute atomic E-state index is 0.545. The fourth-order valence-corrected chi connectivity index (χ4v) is 3.29. The van der Waals surface area contributed by atoms with Gasteiger partial charge in [0.2, 0.25) is 0 Å². The van der Waals surface area contributed by atoms with Crippen molar-refractivity contribution in [3.8, 4) is 5.75 Å². The molecule has 3 nitrogen and oxygen atoms in total. The number of nitrogens with zero attached hydrogens (tertiary/aromatic N) is 1. The number of nitrogens with one attached hydrogen (secondary N) is 1. The monoisotopic (exact) mass is 290 g/mol. The van der Waals surface area contributed by atoms with Crippen molar-refractivity contribution < 1.29 is 4.74 Å². The van der Waals surface area contributed by atoms with E-state index < -0.39 is 0 Å². The van der Waals surface area contributed by atoms with E-state index in [1.165, 1.54) is 44.5 Å². The summed E-state index contributed by atoms with van der Waals surface area (Å²) in [5.41, 5.74) is 1.31. The van der Waals surface area contributed by atoms with Gasteiger partial charge in [-0.2, -0.15) is 0 Å². The molecule has 0 spiro atoms. The third-order valence-corrected chi connectivity index (χ3v) is 4.46. The topological polar surface area (TPSA) is 24.5 Å². The van der Waals surface area contributed by atoms with Crippen LogP contribution in [0.1, 0.15) is 38.7 Å². The molecule has 1 heterocycles. The molecule has 1 saturated heterocycles. The van der Waals surface area contributed by atoms with Crippen LogP contribution in [0.5, 0.6) is 5.75 Å². The first-order valence-electron chi connectivity index (χ1n) is 8.34. The second-order valence-corrected chi connectivity index (χ2v) is 6.15. The lowest BCUT2D eigenvalue weighted by Gasteiger charge is -2.31. The zero-order chi connectivity index (χ0) is 15.1. The Bertz CT molecular complexity index is 415. The van der Waals surface area contributed by atoms with Crippen molar-refractivity contribution in [3.05, 3.63) is 29.8 Å². The van der Waals surface area contributed by atoms with E-state index in [4.69, 9.17) is 4.74 Å². The Balaban J connectivity index is 1.98. The predicted octanol–water partition coefficient (Wildman–Crippen LogP) is 3.09. The number of methoxy groups -OCH3 is 1. The van der Waals surface area contributed by atoms with Crippen molar-refractivity contribution in [2.75, 3.05) is 26.7 Å². The molecular weight excluding hydrogens is 260 g/mol. The lowest BCUT2D eigenvalue weighted by atomic mass is 10.0. The van der Waals surface area contributed by atoms with Crippen LogP contribution in [0.4, 0.5) is 0 Å². The molecular formula is C18H30N2O. The summed E-state index contributed by atoms with van der Waals surface area (Å²) < 4.78 is 5.49. The van der Waals surface area contributed by atoms with Crippen molar-refractivity contribution in [2.45, 2.75) is 51.6 Å². The summed E-state index contributed by atoms with van der Waals surface area (Å²) in [7, 11) is 1.76. The van der Waals surface area contributed by atoms with E-state index in [0.29, 0.717) is 12.1 Å². The van der Waals surface area contributed by atoms with E-state index in [1.807, 2.05) is 6.07 Å². The summed E-state index contributed by atoms with van der Waals surface area (Å²) in [5, 5.41) is 3.62. The number of hydrogen-bond donors (Lipinski definition) is 1. The second kappa shape index (κ2) is 8.40. The Hall–Kier alpha value is -1.06. The largest absolute Gasteiger partial charge is 0.496 e. The van der Waals surface area contributed by atoms with Crippen molar-refractivity contribution in [1.82, 2.24) is 10.2 Å². The molecule has 0 amide bonds. The first kappa shape index (κ1) is 16.3. The molecule has 1 aromatic rings. The van der Waals surface area contributed by atoms with E-state index in [2.05, 4.69) is 42.3 Å². The standard InChI is InChI=1S/C18H30N2O/c1-4-12-20(14-17-9-7-11-19-17)15(2)13-16-8-5-6-10-18(16)21-3/h5-6,8,10,15,17,19H,4,7,9,11-14H2,1-3H3. The molecule has 1 aromatic carbocycles. The van der Waals surface area contributed by atoms with Crippen LogP contribution in [-0.2, 0) is 6.42 Å². The molecule has 1 aliphatic heterocycles. The summed E-state index contributed by atoms with van der Waals surface area (Å²) in [6, 6.07) is 9.62. The van der Waals surface area contributed by atoms with E-state index in [1.54, 1.807) is 7.11 Å². The van der Waals surface area contributed by atoms with Gasteiger partial charge in [-0.3, -0.25) is 4.90 Å². The quantitative estimate of drug-likeness (QED) is 0.796. The molecule has 2 atom stereocenters. The van der Waals surface area contributed by atoms with Crippen LogP contribution in [0, 0.1) is 0 Å². The molecule has 2 unspecified atom stereocenters. The minimum Gasteiger partial charge on any atom is -0.496 e. The number of rotatable bonds is 8. The highest BCUT2D eigenvalue weighted by molar-refractivity contribution is 5.33. The Morgan fingerprint density at radius 3 is 2.86 bits per heavy atom.